The number of carbonyl (C=O) groups excluding carboxylic acids is 2. The molecule has 1 fully saturated rings. The van der Waals surface area contributed by atoms with Gasteiger partial charge in [0, 0.05) is 13.1 Å². The molecule has 1 saturated heterocycles. The Morgan fingerprint density at radius 2 is 1.82 bits per heavy atom. The second-order valence-electron chi connectivity index (χ2n) is 6.58. The van der Waals surface area contributed by atoms with Gasteiger partial charge in [0.2, 0.25) is 0 Å². The van der Waals surface area contributed by atoms with E-state index in [1.54, 1.807) is 24.3 Å². The lowest BCUT2D eigenvalue weighted by atomic mass is 10.1. The summed E-state index contributed by atoms with van der Waals surface area (Å²) >= 11 is 0. The maximum atomic E-state index is 12.0. The van der Waals surface area contributed by atoms with Gasteiger partial charge < -0.3 is 19.5 Å². The van der Waals surface area contributed by atoms with Crippen molar-refractivity contribution in [1.29, 1.82) is 0 Å². The van der Waals surface area contributed by atoms with Crippen molar-refractivity contribution < 1.29 is 19.4 Å². The smallest absolute Gasteiger partial charge is 0.260 e. The molecule has 0 spiro atoms. The molecule has 28 heavy (non-hydrogen) atoms. The molecular formula is C21H22N3O4-. The van der Waals surface area contributed by atoms with E-state index in [1.165, 1.54) is 12.1 Å². The Morgan fingerprint density at radius 1 is 1.11 bits per heavy atom. The van der Waals surface area contributed by atoms with Crippen LogP contribution in [0.25, 0.3) is 0 Å². The Morgan fingerprint density at radius 3 is 2.50 bits per heavy atom. The van der Waals surface area contributed by atoms with Crippen molar-refractivity contribution >= 4 is 23.3 Å². The Labute approximate surface area is 163 Å². The SMILES string of the molecule is C/C(=N/Nc1cccc(C(=O)[O-])c1)c1ccc(OCC(=O)N2CCCC2)cc1. The molecule has 146 valence electrons. The molecule has 0 aliphatic carbocycles. The highest BCUT2D eigenvalue weighted by Crippen LogP contribution is 2.15. The highest BCUT2D eigenvalue weighted by atomic mass is 16.5. The highest BCUT2D eigenvalue weighted by molar-refractivity contribution is 5.99. The van der Waals surface area contributed by atoms with Crippen LogP contribution < -0.4 is 15.3 Å². The number of carbonyl (C=O) groups is 2. The largest absolute Gasteiger partial charge is 0.545 e. The number of rotatable bonds is 7. The van der Waals surface area contributed by atoms with Gasteiger partial charge in [-0.25, -0.2) is 0 Å². The van der Waals surface area contributed by atoms with Crippen molar-refractivity contribution in [1.82, 2.24) is 4.90 Å². The molecule has 1 aliphatic rings. The molecule has 7 nitrogen and oxygen atoms in total. The first kappa shape index (κ1) is 19.4. The lowest BCUT2D eigenvalue weighted by Crippen LogP contribution is -2.32. The zero-order valence-electron chi connectivity index (χ0n) is 15.7. The average molecular weight is 380 g/mol. The zero-order valence-corrected chi connectivity index (χ0v) is 15.7. The quantitative estimate of drug-likeness (QED) is 0.585. The summed E-state index contributed by atoms with van der Waals surface area (Å²) in [5, 5.41) is 15.2. The highest BCUT2D eigenvalue weighted by Gasteiger charge is 2.18. The number of carboxylic acids is 1. The van der Waals surface area contributed by atoms with E-state index in [4.69, 9.17) is 4.74 Å². The number of amides is 1. The Hall–Kier alpha value is -3.35. The van der Waals surface area contributed by atoms with Crippen molar-refractivity contribution in [3.8, 4) is 5.75 Å². The molecule has 0 saturated carbocycles. The maximum Gasteiger partial charge on any atom is 0.260 e. The number of carboxylic acid groups (broad SMARTS) is 1. The summed E-state index contributed by atoms with van der Waals surface area (Å²) in [4.78, 5) is 24.7. The minimum Gasteiger partial charge on any atom is -0.545 e. The van der Waals surface area contributed by atoms with Crippen molar-refractivity contribution in [3.63, 3.8) is 0 Å². The van der Waals surface area contributed by atoms with Crippen LogP contribution in [0, 0.1) is 0 Å². The summed E-state index contributed by atoms with van der Waals surface area (Å²) in [6, 6.07) is 13.6. The molecule has 0 aromatic heterocycles. The number of nitrogens with zero attached hydrogens (tertiary/aromatic N) is 2. The molecular weight excluding hydrogens is 358 g/mol. The third-order valence-corrected chi connectivity index (χ3v) is 4.54. The third kappa shape index (κ3) is 5.09. The van der Waals surface area contributed by atoms with Gasteiger partial charge in [-0.05, 0) is 67.3 Å². The average Bonchev–Trinajstić information content (AvgIpc) is 3.26. The lowest BCUT2D eigenvalue weighted by Gasteiger charge is -2.15. The van der Waals surface area contributed by atoms with Crippen LogP contribution in [0.1, 0.15) is 35.7 Å². The molecule has 0 atom stereocenters. The van der Waals surface area contributed by atoms with Crippen molar-refractivity contribution in [2.24, 2.45) is 5.10 Å². The predicted octanol–water partition coefficient (Wildman–Crippen LogP) is 1.89. The summed E-state index contributed by atoms with van der Waals surface area (Å²) in [7, 11) is 0. The van der Waals surface area contributed by atoms with E-state index >= 15 is 0 Å². The summed E-state index contributed by atoms with van der Waals surface area (Å²) < 4.78 is 5.57. The summed E-state index contributed by atoms with van der Waals surface area (Å²) in [5.41, 5.74) is 5.08. The number of anilines is 1. The molecule has 1 amide bonds. The first-order valence-corrected chi connectivity index (χ1v) is 9.15. The number of nitrogens with one attached hydrogen (secondary N) is 1. The monoisotopic (exact) mass is 380 g/mol. The number of hydrazone groups is 1. The maximum absolute atomic E-state index is 12.0. The number of hydrogen-bond acceptors (Lipinski definition) is 6. The lowest BCUT2D eigenvalue weighted by molar-refractivity contribution is -0.255. The fourth-order valence-electron chi connectivity index (χ4n) is 2.92. The van der Waals surface area contributed by atoms with Gasteiger partial charge in [0.05, 0.1) is 17.4 Å². The van der Waals surface area contributed by atoms with Crippen LogP contribution in [0.5, 0.6) is 5.75 Å². The van der Waals surface area contributed by atoms with E-state index in [1.807, 2.05) is 24.0 Å². The van der Waals surface area contributed by atoms with Crippen LogP contribution in [0.15, 0.2) is 53.6 Å². The van der Waals surface area contributed by atoms with Crippen LogP contribution in [0.4, 0.5) is 5.69 Å². The number of ether oxygens (including phenoxy) is 1. The molecule has 0 unspecified atom stereocenters. The van der Waals surface area contributed by atoms with Crippen LogP contribution in [-0.4, -0.2) is 42.2 Å². The van der Waals surface area contributed by atoms with E-state index in [9.17, 15) is 14.7 Å². The van der Waals surface area contributed by atoms with Gasteiger partial charge >= 0.3 is 0 Å². The normalized spacial score (nSPS) is 14.0. The van der Waals surface area contributed by atoms with Gasteiger partial charge in [0.25, 0.3) is 5.91 Å². The van der Waals surface area contributed by atoms with E-state index < -0.39 is 5.97 Å². The second kappa shape index (κ2) is 9.03. The summed E-state index contributed by atoms with van der Waals surface area (Å²) in [5.74, 6) is -0.593. The molecule has 1 heterocycles. The molecule has 0 bridgehead atoms. The molecule has 2 aromatic carbocycles. The van der Waals surface area contributed by atoms with Crippen molar-refractivity contribution in [3.05, 3.63) is 59.7 Å². The minimum atomic E-state index is -1.23. The van der Waals surface area contributed by atoms with Gasteiger partial charge in [0.1, 0.15) is 5.75 Å². The number of benzene rings is 2. The van der Waals surface area contributed by atoms with E-state index in [0.717, 1.165) is 37.2 Å². The number of hydrogen-bond donors (Lipinski definition) is 1. The molecule has 0 radical (unpaired) electrons. The fraction of sp³-hybridized carbons (Fsp3) is 0.286. The Bertz CT molecular complexity index is 871. The predicted molar refractivity (Wildman–Crippen MR) is 104 cm³/mol. The fourth-order valence-corrected chi connectivity index (χ4v) is 2.92. The first-order chi connectivity index (χ1) is 13.5. The third-order valence-electron chi connectivity index (χ3n) is 4.54. The Balaban J connectivity index is 1.56. The Kier molecular flexibility index (Phi) is 6.26. The molecule has 7 heteroatoms. The van der Waals surface area contributed by atoms with Crippen LogP contribution in [0.2, 0.25) is 0 Å². The second-order valence-corrected chi connectivity index (χ2v) is 6.58. The van der Waals surface area contributed by atoms with Gasteiger partial charge in [-0.3, -0.25) is 10.2 Å². The summed E-state index contributed by atoms with van der Waals surface area (Å²) in [6.07, 6.45) is 2.12. The first-order valence-electron chi connectivity index (χ1n) is 9.15. The van der Waals surface area contributed by atoms with Gasteiger partial charge in [-0.15, -0.1) is 0 Å². The summed E-state index contributed by atoms with van der Waals surface area (Å²) in [6.45, 7) is 3.51. The molecule has 1 N–H and O–H groups in total. The zero-order chi connectivity index (χ0) is 19.9. The number of likely N-dealkylation sites (tertiary alicyclic amines) is 1. The van der Waals surface area contributed by atoms with Gasteiger partial charge in [-0.1, -0.05) is 12.1 Å². The standard InChI is InChI=1S/C21H23N3O4/c1-15(22-23-18-6-4-5-17(13-18)21(26)27)16-7-9-19(10-8-16)28-14-20(25)24-11-2-3-12-24/h4-10,13,23H,2-3,11-12,14H2,1H3,(H,26,27)/p-1/b22-15-. The topological polar surface area (TPSA) is 94.1 Å². The van der Waals surface area contributed by atoms with Crippen LogP contribution >= 0.6 is 0 Å². The molecule has 1 aliphatic heterocycles. The van der Waals surface area contributed by atoms with Gasteiger partial charge in [0.15, 0.2) is 6.61 Å². The van der Waals surface area contributed by atoms with Crippen molar-refractivity contribution in [2.45, 2.75) is 19.8 Å². The van der Waals surface area contributed by atoms with Crippen LogP contribution in [0.3, 0.4) is 0 Å². The van der Waals surface area contributed by atoms with E-state index in [0.29, 0.717) is 11.4 Å². The van der Waals surface area contributed by atoms with E-state index in [-0.39, 0.29) is 18.1 Å². The van der Waals surface area contributed by atoms with Gasteiger partial charge in [-0.2, -0.15) is 5.10 Å². The van der Waals surface area contributed by atoms with Crippen molar-refractivity contribution in [2.75, 3.05) is 25.1 Å². The van der Waals surface area contributed by atoms with Crippen LogP contribution in [-0.2, 0) is 4.79 Å². The minimum absolute atomic E-state index is 0.0160. The molecule has 3 rings (SSSR count). The van der Waals surface area contributed by atoms with E-state index in [2.05, 4.69) is 10.5 Å². The number of aromatic carboxylic acids is 1. The molecule has 2 aromatic rings.